The van der Waals surface area contributed by atoms with Gasteiger partial charge in [-0.2, -0.15) is 9.97 Å². The quantitative estimate of drug-likeness (QED) is 0.469. The number of hydrogen-bond acceptors (Lipinski definition) is 5. The maximum absolute atomic E-state index is 6.03. The SMILES string of the molecule is CCC=CCCCn1cnc2c(N)nc(OCCc3ccccc3)nc21. The lowest BCUT2D eigenvalue weighted by Gasteiger charge is -2.07. The van der Waals surface area contributed by atoms with Gasteiger partial charge in [0.15, 0.2) is 11.5 Å². The molecule has 0 fully saturated rings. The number of nitrogens with two attached hydrogens (primary N) is 1. The number of fused-ring (bicyclic) bond motifs is 1. The third-order valence-corrected chi connectivity index (χ3v) is 4.11. The van der Waals surface area contributed by atoms with Gasteiger partial charge in [-0.25, -0.2) is 4.98 Å². The van der Waals surface area contributed by atoms with Gasteiger partial charge in [0.1, 0.15) is 5.52 Å². The molecule has 0 amide bonds. The number of anilines is 1. The molecule has 136 valence electrons. The van der Waals surface area contributed by atoms with Gasteiger partial charge in [0, 0.05) is 13.0 Å². The number of ether oxygens (including phenoxy) is 1. The molecule has 0 aliphatic carbocycles. The van der Waals surface area contributed by atoms with Crippen LogP contribution in [0.4, 0.5) is 5.82 Å². The topological polar surface area (TPSA) is 78.9 Å². The maximum atomic E-state index is 6.03. The number of imidazole rings is 1. The molecular formula is C20H25N5O. The Morgan fingerprint density at radius 1 is 1.15 bits per heavy atom. The lowest BCUT2D eigenvalue weighted by molar-refractivity contribution is 0.297. The van der Waals surface area contributed by atoms with Crippen molar-refractivity contribution in [3.63, 3.8) is 0 Å². The Balaban J connectivity index is 1.65. The Labute approximate surface area is 153 Å². The monoisotopic (exact) mass is 351 g/mol. The molecule has 6 heteroatoms. The van der Waals surface area contributed by atoms with Crippen molar-refractivity contribution in [1.82, 2.24) is 19.5 Å². The second-order valence-electron chi connectivity index (χ2n) is 6.11. The number of aryl methyl sites for hydroxylation is 1. The summed E-state index contributed by atoms with van der Waals surface area (Å²) in [7, 11) is 0. The van der Waals surface area contributed by atoms with E-state index >= 15 is 0 Å². The fourth-order valence-electron chi connectivity index (χ4n) is 2.74. The van der Waals surface area contributed by atoms with Gasteiger partial charge in [0.25, 0.3) is 0 Å². The van der Waals surface area contributed by atoms with Crippen molar-refractivity contribution in [2.75, 3.05) is 12.3 Å². The van der Waals surface area contributed by atoms with E-state index in [9.17, 15) is 0 Å². The molecule has 0 spiro atoms. The summed E-state index contributed by atoms with van der Waals surface area (Å²) in [5, 5.41) is 0. The fraction of sp³-hybridized carbons (Fsp3) is 0.350. The second-order valence-corrected chi connectivity index (χ2v) is 6.11. The summed E-state index contributed by atoms with van der Waals surface area (Å²) in [4.78, 5) is 13.1. The molecule has 0 unspecified atom stereocenters. The Morgan fingerprint density at radius 2 is 2.00 bits per heavy atom. The number of allylic oxidation sites excluding steroid dienone is 2. The first-order chi connectivity index (χ1) is 12.8. The molecule has 0 saturated carbocycles. The third-order valence-electron chi connectivity index (χ3n) is 4.11. The molecule has 2 aromatic heterocycles. The van der Waals surface area contributed by atoms with E-state index in [4.69, 9.17) is 10.5 Å². The summed E-state index contributed by atoms with van der Waals surface area (Å²) >= 11 is 0. The van der Waals surface area contributed by atoms with Crippen LogP contribution in [0.25, 0.3) is 11.2 Å². The van der Waals surface area contributed by atoms with Crippen LogP contribution in [-0.2, 0) is 13.0 Å². The highest BCUT2D eigenvalue weighted by Crippen LogP contribution is 2.20. The third kappa shape index (κ3) is 4.59. The average Bonchev–Trinajstić information content (AvgIpc) is 3.06. The number of nitrogen functional groups attached to an aromatic ring is 1. The molecule has 0 atom stereocenters. The van der Waals surface area contributed by atoms with Crippen molar-refractivity contribution >= 4 is 17.0 Å². The van der Waals surface area contributed by atoms with E-state index in [2.05, 4.69) is 46.2 Å². The number of hydrogen-bond donors (Lipinski definition) is 1. The van der Waals surface area contributed by atoms with E-state index in [-0.39, 0.29) is 0 Å². The van der Waals surface area contributed by atoms with Crippen LogP contribution < -0.4 is 10.5 Å². The molecular weight excluding hydrogens is 326 g/mol. The Morgan fingerprint density at radius 3 is 2.81 bits per heavy atom. The van der Waals surface area contributed by atoms with Crippen molar-refractivity contribution in [3.8, 4) is 6.01 Å². The van der Waals surface area contributed by atoms with Crippen LogP contribution in [0.2, 0.25) is 0 Å². The molecule has 0 bridgehead atoms. The number of benzene rings is 1. The lowest BCUT2D eigenvalue weighted by atomic mass is 10.2. The summed E-state index contributed by atoms with van der Waals surface area (Å²) in [6, 6.07) is 10.5. The predicted octanol–water partition coefficient (Wildman–Crippen LogP) is 3.78. The maximum Gasteiger partial charge on any atom is 0.320 e. The van der Waals surface area contributed by atoms with Gasteiger partial charge in [-0.05, 0) is 24.8 Å². The van der Waals surface area contributed by atoms with Crippen LogP contribution in [0.5, 0.6) is 6.01 Å². The van der Waals surface area contributed by atoms with E-state index in [1.807, 2.05) is 22.8 Å². The van der Waals surface area contributed by atoms with Gasteiger partial charge in [-0.15, -0.1) is 0 Å². The number of rotatable bonds is 9. The van der Waals surface area contributed by atoms with E-state index in [1.54, 1.807) is 6.33 Å². The van der Waals surface area contributed by atoms with Crippen molar-refractivity contribution in [2.24, 2.45) is 0 Å². The minimum absolute atomic E-state index is 0.304. The summed E-state index contributed by atoms with van der Waals surface area (Å²) in [6.07, 6.45) is 10.1. The molecule has 0 aliphatic heterocycles. The summed E-state index contributed by atoms with van der Waals surface area (Å²) in [5.41, 5.74) is 8.60. The highest BCUT2D eigenvalue weighted by Gasteiger charge is 2.12. The molecule has 2 N–H and O–H groups in total. The first-order valence-corrected chi connectivity index (χ1v) is 9.08. The Bertz CT molecular complexity index is 857. The zero-order valence-corrected chi connectivity index (χ0v) is 15.1. The fourth-order valence-corrected chi connectivity index (χ4v) is 2.74. The standard InChI is InChI=1S/C20H25N5O/c1-2-3-4-5-9-13-25-15-22-17-18(21)23-20(24-19(17)25)26-14-12-16-10-7-6-8-11-16/h3-4,6-8,10-11,15H,2,5,9,12-14H2,1H3,(H2,21,23,24). The zero-order valence-electron chi connectivity index (χ0n) is 15.1. The molecule has 3 rings (SSSR count). The van der Waals surface area contributed by atoms with Crippen LogP contribution in [0.3, 0.4) is 0 Å². The second kappa shape index (κ2) is 8.99. The van der Waals surface area contributed by atoms with Crippen LogP contribution in [0, 0.1) is 0 Å². The van der Waals surface area contributed by atoms with E-state index in [0.717, 1.165) is 37.9 Å². The molecule has 0 aliphatic rings. The predicted molar refractivity (Wildman–Crippen MR) is 104 cm³/mol. The van der Waals surface area contributed by atoms with Gasteiger partial charge in [0.2, 0.25) is 0 Å². The molecule has 26 heavy (non-hydrogen) atoms. The Hall–Kier alpha value is -2.89. The average molecular weight is 351 g/mol. The van der Waals surface area contributed by atoms with Gasteiger partial charge in [0.05, 0.1) is 12.9 Å². The minimum Gasteiger partial charge on any atom is -0.463 e. The zero-order chi connectivity index (χ0) is 18.2. The molecule has 6 nitrogen and oxygen atoms in total. The van der Waals surface area contributed by atoms with Crippen molar-refractivity contribution in [2.45, 2.75) is 39.2 Å². The van der Waals surface area contributed by atoms with Crippen LogP contribution in [0.1, 0.15) is 31.7 Å². The van der Waals surface area contributed by atoms with Crippen LogP contribution in [-0.4, -0.2) is 26.1 Å². The Kier molecular flexibility index (Phi) is 6.19. The molecule has 0 saturated heterocycles. The van der Waals surface area contributed by atoms with E-state index in [0.29, 0.717) is 24.0 Å². The highest BCUT2D eigenvalue weighted by atomic mass is 16.5. The summed E-state index contributed by atoms with van der Waals surface area (Å²) in [5.74, 6) is 0.356. The van der Waals surface area contributed by atoms with Crippen molar-refractivity contribution < 1.29 is 4.74 Å². The van der Waals surface area contributed by atoms with Gasteiger partial charge >= 0.3 is 6.01 Å². The molecule has 3 aromatic rings. The molecule has 0 radical (unpaired) electrons. The van der Waals surface area contributed by atoms with E-state index in [1.165, 1.54) is 5.56 Å². The highest BCUT2D eigenvalue weighted by molar-refractivity contribution is 5.81. The van der Waals surface area contributed by atoms with Crippen molar-refractivity contribution in [3.05, 3.63) is 54.4 Å². The largest absolute Gasteiger partial charge is 0.463 e. The van der Waals surface area contributed by atoms with Crippen LogP contribution >= 0.6 is 0 Å². The van der Waals surface area contributed by atoms with Gasteiger partial charge in [-0.3, -0.25) is 0 Å². The van der Waals surface area contributed by atoms with Gasteiger partial charge in [-0.1, -0.05) is 49.4 Å². The summed E-state index contributed by atoms with van der Waals surface area (Å²) in [6.45, 7) is 3.48. The summed E-state index contributed by atoms with van der Waals surface area (Å²) < 4.78 is 7.74. The molecule has 2 heterocycles. The minimum atomic E-state index is 0.304. The first kappa shape index (κ1) is 17.9. The smallest absolute Gasteiger partial charge is 0.320 e. The number of unbranched alkanes of at least 4 members (excludes halogenated alkanes) is 1. The molecule has 1 aromatic carbocycles. The lowest BCUT2D eigenvalue weighted by Crippen LogP contribution is -2.07. The number of aromatic nitrogens is 4. The van der Waals surface area contributed by atoms with Crippen molar-refractivity contribution in [1.29, 1.82) is 0 Å². The number of nitrogens with zero attached hydrogens (tertiary/aromatic N) is 4. The normalized spacial score (nSPS) is 11.4. The van der Waals surface area contributed by atoms with Crippen LogP contribution in [0.15, 0.2) is 48.8 Å². The first-order valence-electron chi connectivity index (χ1n) is 9.08. The van der Waals surface area contributed by atoms with Gasteiger partial charge < -0.3 is 15.0 Å². The van der Waals surface area contributed by atoms with E-state index < -0.39 is 0 Å².